The van der Waals surface area contributed by atoms with Crippen molar-refractivity contribution in [1.82, 2.24) is 9.97 Å². The average Bonchev–Trinajstić information content (AvgIpc) is 2.53. The Labute approximate surface area is 77.4 Å². The zero-order valence-corrected chi connectivity index (χ0v) is 7.15. The number of alkyl halides is 1. The number of nitrogens with zero attached hydrogens (tertiary/aromatic N) is 3. The molecule has 2 rings (SSSR count). The highest BCUT2D eigenvalue weighted by atomic mass is 19.1. The predicted molar refractivity (Wildman–Crippen MR) is 49.1 cm³/mol. The molecule has 2 radical (unpaired) electrons. The molecule has 0 saturated carbocycles. The van der Waals surface area contributed by atoms with Crippen molar-refractivity contribution in [1.29, 1.82) is 0 Å². The molecule has 0 aliphatic carbocycles. The van der Waals surface area contributed by atoms with Gasteiger partial charge in [0.25, 0.3) is 0 Å². The van der Waals surface area contributed by atoms with Gasteiger partial charge in [-0.05, 0) is 6.42 Å². The Morgan fingerprint density at radius 2 is 2.31 bits per heavy atom. The quantitative estimate of drug-likeness (QED) is 0.557. The fourth-order valence-corrected chi connectivity index (χ4v) is 1.42. The lowest BCUT2D eigenvalue weighted by molar-refractivity contribution is 0.364. The molecule has 0 amide bonds. The Morgan fingerprint density at radius 3 is 2.85 bits per heavy atom. The van der Waals surface area contributed by atoms with E-state index in [1.165, 1.54) is 6.20 Å². The highest BCUT2D eigenvalue weighted by Gasteiger charge is 2.22. The maximum atomic E-state index is 12.8. The van der Waals surface area contributed by atoms with E-state index in [-0.39, 0.29) is 0 Å². The molecule has 1 aliphatic rings. The topological polar surface area (TPSA) is 29.0 Å². The van der Waals surface area contributed by atoms with Crippen LogP contribution in [0.15, 0.2) is 12.4 Å². The third-order valence-corrected chi connectivity index (χ3v) is 2.11. The minimum absolute atomic E-state index is 0.389. The third-order valence-electron chi connectivity index (χ3n) is 2.11. The Morgan fingerprint density at radius 1 is 1.46 bits per heavy atom. The van der Waals surface area contributed by atoms with Crippen LogP contribution in [0.2, 0.25) is 0 Å². The molecule has 1 fully saturated rings. The molecule has 0 unspecified atom stereocenters. The Balaban J connectivity index is 2.13. The van der Waals surface area contributed by atoms with Crippen LogP contribution in [0.5, 0.6) is 0 Å². The molecule has 13 heavy (non-hydrogen) atoms. The summed E-state index contributed by atoms with van der Waals surface area (Å²) < 4.78 is 12.8. The van der Waals surface area contributed by atoms with Gasteiger partial charge in [0, 0.05) is 18.3 Å². The standard InChI is InChI=1S/C8H9BFN3/c9-7-3-12-8(4-11-7)13-2-1-6(10)5-13/h3-4,6H,1-2,5H2/t6-/m0/s1. The van der Waals surface area contributed by atoms with Gasteiger partial charge >= 0.3 is 0 Å². The Kier molecular flexibility index (Phi) is 2.16. The summed E-state index contributed by atoms with van der Waals surface area (Å²) in [7, 11) is 5.39. The van der Waals surface area contributed by atoms with E-state index in [2.05, 4.69) is 9.97 Å². The van der Waals surface area contributed by atoms with Gasteiger partial charge in [-0.1, -0.05) is 0 Å². The summed E-state index contributed by atoms with van der Waals surface area (Å²) in [5.41, 5.74) is 0.389. The zero-order valence-electron chi connectivity index (χ0n) is 7.15. The van der Waals surface area contributed by atoms with Gasteiger partial charge in [-0.25, -0.2) is 9.37 Å². The summed E-state index contributed by atoms with van der Waals surface area (Å²) in [6.07, 6.45) is 2.90. The van der Waals surface area contributed by atoms with Crippen LogP contribution in [0, 0.1) is 0 Å². The van der Waals surface area contributed by atoms with Crippen molar-refractivity contribution >= 4 is 19.3 Å². The molecule has 5 heteroatoms. The van der Waals surface area contributed by atoms with Gasteiger partial charge in [0.15, 0.2) is 0 Å². The van der Waals surface area contributed by atoms with Crippen molar-refractivity contribution in [2.75, 3.05) is 18.0 Å². The molecule has 1 saturated heterocycles. The van der Waals surface area contributed by atoms with Gasteiger partial charge in [0.1, 0.15) is 19.8 Å². The molecule has 0 N–H and O–H groups in total. The van der Waals surface area contributed by atoms with Gasteiger partial charge in [-0.3, -0.25) is 4.98 Å². The highest BCUT2D eigenvalue weighted by Crippen LogP contribution is 2.17. The van der Waals surface area contributed by atoms with E-state index < -0.39 is 6.17 Å². The van der Waals surface area contributed by atoms with E-state index in [1.54, 1.807) is 6.20 Å². The third kappa shape index (κ3) is 1.79. The summed E-state index contributed by atoms with van der Waals surface area (Å²) in [4.78, 5) is 9.84. The smallest absolute Gasteiger partial charge is 0.147 e. The molecule has 2 heterocycles. The molecule has 0 bridgehead atoms. The molecular formula is C8H9BFN3. The minimum Gasteiger partial charge on any atom is -0.352 e. The monoisotopic (exact) mass is 177 g/mol. The SMILES string of the molecule is [B]c1cnc(N2CC[C@H](F)C2)cn1. The maximum Gasteiger partial charge on any atom is 0.147 e. The van der Waals surface area contributed by atoms with Crippen LogP contribution in [0.3, 0.4) is 0 Å². The average molecular weight is 177 g/mol. The number of hydrogen-bond donors (Lipinski definition) is 0. The molecule has 1 aromatic heterocycles. The van der Waals surface area contributed by atoms with Gasteiger partial charge < -0.3 is 4.90 Å². The second kappa shape index (κ2) is 3.32. The van der Waals surface area contributed by atoms with E-state index in [0.717, 1.165) is 0 Å². The van der Waals surface area contributed by atoms with Crippen molar-refractivity contribution in [3.63, 3.8) is 0 Å². The van der Waals surface area contributed by atoms with Crippen molar-refractivity contribution in [2.24, 2.45) is 0 Å². The normalized spacial score (nSPS) is 22.2. The summed E-state index contributed by atoms with van der Waals surface area (Å²) in [5, 5.41) is 0. The lowest BCUT2D eigenvalue weighted by atomic mass is 10.1. The first kappa shape index (κ1) is 8.47. The fraction of sp³-hybridized carbons (Fsp3) is 0.500. The largest absolute Gasteiger partial charge is 0.352 e. The van der Waals surface area contributed by atoms with Gasteiger partial charge in [-0.15, -0.1) is 0 Å². The molecule has 1 aliphatic heterocycles. The second-order valence-corrected chi connectivity index (χ2v) is 3.13. The lowest BCUT2D eigenvalue weighted by Gasteiger charge is -2.15. The van der Waals surface area contributed by atoms with Crippen molar-refractivity contribution in [3.05, 3.63) is 12.4 Å². The molecule has 1 atom stereocenters. The summed E-state index contributed by atoms with van der Waals surface area (Å²) >= 11 is 0. The van der Waals surface area contributed by atoms with E-state index in [9.17, 15) is 4.39 Å². The van der Waals surface area contributed by atoms with E-state index >= 15 is 0 Å². The van der Waals surface area contributed by atoms with Crippen molar-refractivity contribution in [2.45, 2.75) is 12.6 Å². The maximum absolute atomic E-state index is 12.8. The van der Waals surface area contributed by atoms with Gasteiger partial charge in [0.05, 0.1) is 12.7 Å². The van der Waals surface area contributed by atoms with Gasteiger partial charge in [-0.2, -0.15) is 0 Å². The molecule has 1 aromatic rings. The first-order valence-electron chi connectivity index (χ1n) is 4.22. The molecule has 66 valence electrons. The van der Waals surface area contributed by atoms with Gasteiger partial charge in [0.2, 0.25) is 0 Å². The number of hydrogen-bond acceptors (Lipinski definition) is 3. The summed E-state index contributed by atoms with van der Waals surface area (Å²) in [6.45, 7) is 1.12. The number of halogens is 1. The predicted octanol–water partition coefficient (Wildman–Crippen LogP) is -0.181. The number of anilines is 1. The minimum atomic E-state index is -0.737. The number of aromatic nitrogens is 2. The van der Waals surface area contributed by atoms with Crippen LogP contribution >= 0.6 is 0 Å². The molecule has 3 nitrogen and oxygen atoms in total. The summed E-state index contributed by atoms with van der Waals surface area (Å²) in [5.74, 6) is 0.703. The first-order chi connectivity index (χ1) is 6.25. The van der Waals surface area contributed by atoms with Crippen LogP contribution < -0.4 is 10.5 Å². The van der Waals surface area contributed by atoms with E-state index in [1.807, 2.05) is 4.90 Å². The second-order valence-electron chi connectivity index (χ2n) is 3.13. The van der Waals surface area contributed by atoms with Crippen molar-refractivity contribution in [3.8, 4) is 0 Å². The van der Waals surface area contributed by atoms with Crippen LogP contribution in [-0.4, -0.2) is 37.1 Å². The molecular weight excluding hydrogens is 168 g/mol. The van der Waals surface area contributed by atoms with Crippen LogP contribution in [0.4, 0.5) is 10.2 Å². The Hall–Kier alpha value is -1.13. The van der Waals surface area contributed by atoms with E-state index in [4.69, 9.17) is 7.85 Å². The lowest BCUT2D eigenvalue weighted by Crippen LogP contribution is -2.22. The van der Waals surface area contributed by atoms with E-state index in [0.29, 0.717) is 30.9 Å². The van der Waals surface area contributed by atoms with Crippen LogP contribution in [0.25, 0.3) is 0 Å². The zero-order chi connectivity index (χ0) is 9.26. The van der Waals surface area contributed by atoms with Crippen LogP contribution in [-0.2, 0) is 0 Å². The first-order valence-corrected chi connectivity index (χ1v) is 4.22. The fourth-order valence-electron chi connectivity index (χ4n) is 1.42. The summed E-state index contributed by atoms with van der Waals surface area (Å²) in [6, 6.07) is 0. The number of rotatable bonds is 1. The van der Waals surface area contributed by atoms with Crippen LogP contribution in [0.1, 0.15) is 6.42 Å². The van der Waals surface area contributed by atoms with Crippen molar-refractivity contribution < 1.29 is 4.39 Å². The molecule has 0 spiro atoms. The molecule has 0 aromatic carbocycles. The Bertz CT molecular complexity index is 290. The highest BCUT2D eigenvalue weighted by molar-refractivity contribution is 6.30.